The van der Waals surface area contributed by atoms with Crippen LogP contribution in [0.1, 0.15) is 5.56 Å². The Morgan fingerprint density at radius 1 is 1.07 bits per heavy atom. The molecule has 1 aromatic rings. The lowest BCUT2D eigenvalue weighted by Gasteiger charge is -2.02. The standard InChI is InChI=1S/C10H15NO2S.ClH/c11-7-9-14(12,13)8-6-10-4-2-1-3-5-10;/h1-5H,6-9,11H2;1H. The third kappa shape index (κ3) is 5.77. The van der Waals surface area contributed by atoms with Gasteiger partial charge < -0.3 is 5.73 Å². The summed E-state index contributed by atoms with van der Waals surface area (Å²) in [5.41, 5.74) is 6.25. The van der Waals surface area contributed by atoms with Crippen LogP contribution in [0.15, 0.2) is 30.3 Å². The van der Waals surface area contributed by atoms with Crippen LogP contribution in [0.2, 0.25) is 0 Å². The molecule has 3 nitrogen and oxygen atoms in total. The Bertz CT molecular complexity index is 364. The number of sulfone groups is 1. The van der Waals surface area contributed by atoms with E-state index in [1.807, 2.05) is 30.3 Å². The van der Waals surface area contributed by atoms with Crippen molar-refractivity contribution in [2.24, 2.45) is 5.73 Å². The molecular weight excluding hydrogens is 234 g/mol. The van der Waals surface area contributed by atoms with Gasteiger partial charge in [0.2, 0.25) is 0 Å². The molecule has 0 aliphatic carbocycles. The topological polar surface area (TPSA) is 60.2 Å². The predicted molar refractivity (Wildman–Crippen MR) is 65.1 cm³/mol. The Morgan fingerprint density at radius 3 is 2.20 bits per heavy atom. The van der Waals surface area contributed by atoms with E-state index in [1.54, 1.807) is 0 Å². The first-order valence-corrected chi connectivity index (χ1v) is 6.40. The number of aryl methyl sites for hydroxylation is 1. The van der Waals surface area contributed by atoms with Crippen LogP contribution in [0.5, 0.6) is 0 Å². The molecule has 1 rings (SSSR count). The van der Waals surface area contributed by atoms with Gasteiger partial charge in [-0.15, -0.1) is 12.4 Å². The fourth-order valence-electron chi connectivity index (χ4n) is 1.20. The maximum atomic E-state index is 11.3. The Hall–Kier alpha value is -0.580. The summed E-state index contributed by atoms with van der Waals surface area (Å²) in [7, 11) is -2.95. The Labute approximate surface area is 97.0 Å². The molecule has 0 aliphatic heterocycles. The van der Waals surface area contributed by atoms with Gasteiger partial charge in [0.25, 0.3) is 0 Å². The second kappa shape index (κ2) is 6.82. The molecule has 15 heavy (non-hydrogen) atoms. The van der Waals surface area contributed by atoms with E-state index in [1.165, 1.54) is 0 Å². The summed E-state index contributed by atoms with van der Waals surface area (Å²) < 4.78 is 22.6. The molecule has 0 aromatic heterocycles. The minimum absolute atomic E-state index is 0. The zero-order valence-electron chi connectivity index (χ0n) is 8.43. The van der Waals surface area contributed by atoms with E-state index in [2.05, 4.69) is 0 Å². The molecule has 5 heteroatoms. The summed E-state index contributed by atoms with van der Waals surface area (Å²) in [6.07, 6.45) is 0.573. The summed E-state index contributed by atoms with van der Waals surface area (Å²) in [6, 6.07) is 9.59. The first kappa shape index (κ1) is 14.4. The monoisotopic (exact) mass is 249 g/mol. The molecule has 2 N–H and O–H groups in total. The SMILES string of the molecule is Cl.NCCS(=O)(=O)CCc1ccccc1. The third-order valence-corrected chi connectivity index (χ3v) is 3.66. The van der Waals surface area contributed by atoms with Crippen LogP contribution < -0.4 is 5.73 Å². The number of hydrogen-bond donors (Lipinski definition) is 1. The predicted octanol–water partition coefficient (Wildman–Crippen LogP) is 1.02. The van der Waals surface area contributed by atoms with Crippen LogP contribution in [0.4, 0.5) is 0 Å². The van der Waals surface area contributed by atoms with Gasteiger partial charge in [0.05, 0.1) is 11.5 Å². The molecule has 0 amide bonds. The van der Waals surface area contributed by atoms with Crippen molar-refractivity contribution in [1.29, 1.82) is 0 Å². The van der Waals surface area contributed by atoms with Crippen LogP contribution in [0, 0.1) is 0 Å². The van der Waals surface area contributed by atoms with Crippen molar-refractivity contribution in [1.82, 2.24) is 0 Å². The molecule has 0 saturated carbocycles. The fourth-order valence-corrected chi connectivity index (χ4v) is 2.31. The van der Waals surface area contributed by atoms with Crippen molar-refractivity contribution in [3.8, 4) is 0 Å². The summed E-state index contributed by atoms with van der Waals surface area (Å²) in [6.45, 7) is 0.205. The maximum absolute atomic E-state index is 11.3. The third-order valence-electron chi connectivity index (χ3n) is 1.97. The summed E-state index contributed by atoms with van der Waals surface area (Å²) in [4.78, 5) is 0. The van der Waals surface area contributed by atoms with Gasteiger partial charge >= 0.3 is 0 Å². The summed E-state index contributed by atoms with van der Waals surface area (Å²) in [5, 5.41) is 0. The molecule has 0 bridgehead atoms. The van der Waals surface area contributed by atoms with E-state index in [9.17, 15) is 8.42 Å². The number of nitrogens with two attached hydrogens (primary N) is 1. The van der Waals surface area contributed by atoms with Crippen molar-refractivity contribution in [2.75, 3.05) is 18.1 Å². The number of hydrogen-bond acceptors (Lipinski definition) is 3. The Kier molecular flexibility index (Phi) is 6.56. The highest BCUT2D eigenvalue weighted by Crippen LogP contribution is 2.02. The molecule has 0 fully saturated rings. The lowest BCUT2D eigenvalue weighted by atomic mass is 10.2. The maximum Gasteiger partial charge on any atom is 0.151 e. The molecule has 0 heterocycles. The van der Waals surface area contributed by atoms with Gasteiger partial charge in [-0.3, -0.25) is 0 Å². The second-order valence-electron chi connectivity index (χ2n) is 3.18. The number of rotatable bonds is 5. The van der Waals surface area contributed by atoms with Gasteiger partial charge in [-0.1, -0.05) is 30.3 Å². The summed E-state index contributed by atoms with van der Waals surface area (Å²) >= 11 is 0. The zero-order valence-corrected chi connectivity index (χ0v) is 10.1. The second-order valence-corrected chi connectivity index (χ2v) is 5.48. The van der Waals surface area contributed by atoms with E-state index in [4.69, 9.17) is 5.73 Å². The van der Waals surface area contributed by atoms with Crippen molar-refractivity contribution >= 4 is 22.2 Å². The minimum Gasteiger partial charge on any atom is -0.329 e. The molecule has 0 spiro atoms. The van der Waals surface area contributed by atoms with E-state index in [-0.39, 0.29) is 30.5 Å². The largest absolute Gasteiger partial charge is 0.329 e. The lowest BCUT2D eigenvalue weighted by Crippen LogP contribution is -2.19. The molecule has 0 aliphatic rings. The van der Waals surface area contributed by atoms with Crippen LogP contribution in [0.25, 0.3) is 0 Å². The van der Waals surface area contributed by atoms with Crippen molar-refractivity contribution in [2.45, 2.75) is 6.42 Å². The first-order chi connectivity index (χ1) is 6.64. The highest BCUT2D eigenvalue weighted by Gasteiger charge is 2.08. The van der Waals surface area contributed by atoms with Crippen molar-refractivity contribution in [3.63, 3.8) is 0 Å². The van der Waals surface area contributed by atoms with Gasteiger partial charge in [0.15, 0.2) is 9.84 Å². The number of halogens is 1. The Morgan fingerprint density at radius 2 is 1.67 bits per heavy atom. The minimum atomic E-state index is -2.95. The van der Waals surface area contributed by atoms with Crippen molar-refractivity contribution in [3.05, 3.63) is 35.9 Å². The van der Waals surface area contributed by atoms with E-state index < -0.39 is 9.84 Å². The molecular formula is C10H16ClNO2S. The van der Waals surface area contributed by atoms with E-state index in [0.29, 0.717) is 6.42 Å². The molecule has 1 aromatic carbocycles. The normalized spacial score (nSPS) is 10.7. The number of benzene rings is 1. The molecule has 0 atom stereocenters. The Balaban J connectivity index is 0.00000196. The van der Waals surface area contributed by atoms with Crippen LogP contribution >= 0.6 is 12.4 Å². The molecule has 0 saturated heterocycles. The van der Waals surface area contributed by atoms with Crippen LogP contribution in [-0.2, 0) is 16.3 Å². The van der Waals surface area contributed by atoms with Gasteiger partial charge in [0.1, 0.15) is 0 Å². The van der Waals surface area contributed by atoms with Gasteiger partial charge in [-0.25, -0.2) is 8.42 Å². The van der Waals surface area contributed by atoms with Crippen LogP contribution in [-0.4, -0.2) is 26.5 Å². The average molecular weight is 250 g/mol. The van der Waals surface area contributed by atoms with E-state index >= 15 is 0 Å². The first-order valence-electron chi connectivity index (χ1n) is 4.58. The lowest BCUT2D eigenvalue weighted by molar-refractivity contribution is 0.595. The highest BCUT2D eigenvalue weighted by molar-refractivity contribution is 7.91. The summed E-state index contributed by atoms with van der Waals surface area (Å²) in [5.74, 6) is 0.272. The van der Waals surface area contributed by atoms with Crippen LogP contribution in [0.3, 0.4) is 0 Å². The molecule has 0 unspecified atom stereocenters. The van der Waals surface area contributed by atoms with Gasteiger partial charge in [-0.05, 0) is 12.0 Å². The van der Waals surface area contributed by atoms with E-state index in [0.717, 1.165) is 5.56 Å². The van der Waals surface area contributed by atoms with Crippen molar-refractivity contribution < 1.29 is 8.42 Å². The smallest absolute Gasteiger partial charge is 0.151 e. The van der Waals surface area contributed by atoms with Gasteiger partial charge in [0, 0.05) is 6.54 Å². The molecule has 0 radical (unpaired) electrons. The quantitative estimate of drug-likeness (QED) is 0.848. The van der Waals surface area contributed by atoms with Gasteiger partial charge in [-0.2, -0.15) is 0 Å². The average Bonchev–Trinajstić information content (AvgIpc) is 2.17. The zero-order chi connectivity index (χ0) is 10.4. The molecule has 86 valence electrons. The highest BCUT2D eigenvalue weighted by atomic mass is 35.5. The fraction of sp³-hybridized carbons (Fsp3) is 0.400.